The summed E-state index contributed by atoms with van der Waals surface area (Å²) in [6.07, 6.45) is 5.87. The van der Waals surface area contributed by atoms with Gasteiger partial charge in [-0.1, -0.05) is 32.1 Å². The maximum atomic E-state index is 10.5. The molecule has 1 aliphatic carbocycles. The molecule has 1 saturated carbocycles. The molecule has 17 heavy (non-hydrogen) atoms. The lowest BCUT2D eigenvalue weighted by Gasteiger charge is -2.43. The Bertz CT molecular complexity index is 392. The number of allylic oxidation sites excluding steroid dienone is 2. The first-order chi connectivity index (χ1) is 7.58. The minimum Gasteiger partial charge on any atom is -0.387 e. The summed E-state index contributed by atoms with van der Waals surface area (Å²) in [6, 6.07) is 0. The maximum Gasteiger partial charge on any atom is 0.128 e. The number of aliphatic hydroxyl groups is 1. The highest BCUT2D eigenvalue weighted by Gasteiger charge is 2.80. The second-order valence-electron chi connectivity index (χ2n) is 6.71. The van der Waals surface area contributed by atoms with Crippen LogP contribution >= 0.6 is 0 Å². The molecule has 2 rings (SSSR count). The average molecular weight is 236 g/mol. The number of ether oxygens (including phenoxy) is 1. The Morgan fingerprint density at radius 1 is 1.24 bits per heavy atom. The maximum absolute atomic E-state index is 10.5. The van der Waals surface area contributed by atoms with Gasteiger partial charge in [-0.2, -0.15) is 0 Å². The molecule has 1 saturated heterocycles. The fourth-order valence-corrected chi connectivity index (χ4v) is 3.25. The van der Waals surface area contributed by atoms with Gasteiger partial charge in [0.05, 0.1) is 5.60 Å². The molecule has 0 aromatic heterocycles. The first kappa shape index (κ1) is 12.8. The average Bonchev–Trinajstić information content (AvgIpc) is 2.82. The molecule has 1 N–H and O–H groups in total. The van der Waals surface area contributed by atoms with Crippen LogP contribution in [0.2, 0.25) is 0 Å². The summed E-state index contributed by atoms with van der Waals surface area (Å²) in [6.45, 7) is 14.2. The third kappa shape index (κ3) is 1.47. The van der Waals surface area contributed by atoms with Crippen LogP contribution in [0.15, 0.2) is 24.3 Å². The molecule has 2 fully saturated rings. The van der Waals surface area contributed by atoms with E-state index in [2.05, 4.69) is 26.5 Å². The van der Waals surface area contributed by atoms with E-state index in [0.717, 1.165) is 18.4 Å². The Kier molecular flexibility index (Phi) is 2.45. The van der Waals surface area contributed by atoms with Crippen LogP contribution in [0.5, 0.6) is 0 Å². The normalized spacial score (nSPS) is 47.9. The molecule has 96 valence electrons. The van der Waals surface area contributed by atoms with Gasteiger partial charge in [-0.3, -0.25) is 0 Å². The largest absolute Gasteiger partial charge is 0.387 e. The van der Waals surface area contributed by atoms with Crippen molar-refractivity contribution in [2.75, 3.05) is 0 Å². The highest BCUT2D eigenvalue weighted by atomic mass is 16.6. The van der Waals surface area contributed by atoms with Crippen molar-refractivity contribution in [2.24, 2.45) is 5.41 Å². The van der Waals surface area contributed by atoms with E-state index in [0.29, 0.717) is 0 Å². The topological polar surface area (TPSA) is 32.8 Å². The summed E-state index contributed by atoms with van der Waals surface area (Å²) in [5.74, 6) is 0. The molecular formula is C15H24O2. The molecule has 0 spiro atoms. The standard InChI is InChI=1S/C15H24O2/c1-11(2)7-8-15-12(3,4)9-10-13(5,16)14(15,6)17-15/h7-8,16H,1,9-10H2,2-6H3/b8-7-/t13-,14-,15+/m1/s1. The Hall–Kier alpha value is -0.600. The van der Waals surface area contributed by atoms with E-state index < -0.39 is 11.2 Å². The number of hydrogen-bond acceptors (Lipinski definition) is 2. The number of hydrogen-bond donors (Lipinski definition) is 1. The van der Waals surface area contributed by atoms with Gasteiger partial charge >= 0.3 is 0 Å². The van der Waals surface area contributed by atoms with Crippen molar-refractivity contribution < 1.29 is 9.84 Å². The molecule has 0 radical (unpaired) electrons. The van der Waals surface area contributed by atoms with Gasteiger partial charge < -0.3 is 9.84 Å². The first-order valence-electron chi connectivity index (χ1n) is 6.35. The van der Waals surface area contributed by atoms with Crippen LogP contribution in [0.4, 0.5) is 0 Å². The predicted octanol–water partition coefficient (Wildman–Crippen LogP) is 3.22. The number of epoxide rings is 1. The molecular weight excluding hydrogens is 212 g/mol. The van der Waals surface area contributed by atoms with Crippen LogP contribution in [-0.2, 0) is 4.74 Å². The van der Waals surface area contributed by atoms with Gasteiger partial charge in [0.2, 0.25) is 0 Å². The Labute approximate surface area is 104 Å². The molecule has 0 amide bonds. The van der Waals surface area contributed by atoms with Gasteiger partial charge in [-0.05, 0) is 39.7 Å². The molecule has 2 heteroatoms. The molecule has 0 bridgehead atoms. The summed E-state index contributed by atoms with van der Waals surface area (Å²) in [4.78, 5) is 0. The van der Waals surface area contributed by atoms with E-state index in [1.54, 1.807) is 0 Å². The van der Waals surface area contributed by atoms with Gasteiger partial charge in [0, 0.05) is 5.41 Å². The summed E-state index contributed by atoms with van der Waals surface area (Å²) in [5.41, 5.74) is -0.495. The van der Waals surface area contributed by atoms with Gasteiger partial charge in [0.1, 0.15) is 11.2 Å². The highest BCUT2D eigenvalue weighted by Crippen LogP contribution is 2.69. The van der Waals surface area contributed by atoms with Crippen molar-refractivity contribution >= 4 is 0 Å². The lowest BCUT2D eigenvalue weighted by Crippen LogP contribution is -2.54. The monoisotopic (exact) mass is 236 g/mol. The Morgan fingerprint density at radius 2 is 1.82 bits per heavy atom. The lowest BCUT2D eigenvalue weighted by molar-refractivity contribution is -0.0415. The Morgan fingerprint density at radius 3 is 2.35 bits per heavy atom. The molecule has 0 aromatic rings. The minimum atomic E-state index is -0.748. The van der Waals surface area contributed by atoms with Crippen LogP contribution in [0.3, 0.4) is 0 Å². The first-order valence-corrected chi connectivity index (χ1v) is 6.35. The van der Waals surface area contributed by atoms with Crippen LogP contribution in [0, 0.1) is 5.41 Å². The smallest absolute Gasteiger partial charge is 0.128 e. The van der Waals surface area contributed by atoms with E-state index in [-0.39, 0.29) is 11.0 Å². The van der Waals surface area contributed by atoms with Crippen molar-refractivity contribution in [3.63, 3.8) is 0 Å². The lowest BCUT2D eigenvalue weighted by atomic mass is 9.59. The third-order valence-corrected chi connectivity index (χ3v) is 4.90. The van der Waals surface area contributed by atoms with Crippen molar-refractivity contribution in [1.82, 2.24) is 0 Å². The zero-order valence-corrected chi connectivity index (χ0v) is 11.6. The number of rotatable bonds is 2. The van der Waals surface area contributed by atoms with Gasteiger partial charge in [-0.25, -0.2) is 0 Å². The van der Waals surface area contributed by atoms with Crippen molar-refractivity contribution in [1.29, 1.82) is 0 Å². The summed E-state index contributed by atoms with van der Waals surface area (Å²) in [7, 11) is 0. The zero-order valence-electron chi connectivity index (χ0n) is 11.6. The van der Waals surface area contributed by atoms with Crippen LogP contribution in [0.25, 0.3) is 0 Å². The van der Waals surface area contributed by atoms with Gasteiger partial charge in [-0.15, -0.1) is 0 Å². The second kappa shape index (κ2) is 3.24. The van der Waals surface area contributed by atoms with Gasteiger partial charge in [0.15, 0.2) is 0 Å². The van der Waals surface area contributed by atoms with E-state index >= 15 is 0 Å². The van der Waals surface area contributed by atoms with Crippen molar-refractivity contribution in [3.8, 4) is 0 Å². The molecule has 3 atom stereocenters. The van der Waals surface area contributed by atoms with Crippen LogP contribution < -0.4 is 0 Å². The molecule has 0 unspecified atom stereocenters. The molecule has 1 heterocycles. The van der Waals surface area contributed by atoms with Crippen LogP contribution in [0.1, 0.15) is 47.5 Å². The third-order valence-electron chi connectivity index (χ3n) is 4.90. The minimum absolute atomic E-state index is 0.0515. The molecule has 2 nitrogen and oxygen atoms in total. The quantitative estimate of drug-likeness (QED) is 0.590. The Balaban J connectivity index is 2.41. The van der Waals surface area contributed by atoms with E-state index in [4.69, 9.17) is 4.74 Å². The van der Waals surface area contributed by atoms with E-state index in [9.17, 15) is 5.11 Å². The number of fused-ring (bicyclic) bond motifs is 1. The van der Waals surface area contributed by atoms with E-state index in [1.165, 1.54) is 0 Å². The van der Waals surface area contributed by atoms with Crippen molar-refractivity contribution in [3.05, 3.63) is 24.3 Å². The fourth-order valence-electron chi connectivity index (χ4n) is 3.25. The summed E-state index contributed by atoms with van der Waals surface area (Å²) in [5, 5.41) is 10.5. The highest BCUT2D eigenvalue weighted by molar-refractivity contribution is 5.38. The predicted molar refractivity (Wildman–Crippen MR) is 69.8 cm³/mol. The van der Waals surface area contributed by atoms with Gasteiger partial charge in [0.25, 0.3) is 0 Å². The van der Waals surface area contributed by atoms with E-state index in [1.807, 2.05) is 26.8 Å². The fraction of sp³-hybridized carbons (Fsp3) is 0.733. The molecule has 1 aliphatic heterocycles. The zero-order chi connectivity index (χ0) is 13.1. The summed E-state index contributed by atoms with van der Waals surface area (Å²) < 4.78 is 6.06. The second-order valence-corrected chi connectivity index (χ2v) is 6.71. The molecule has 0 aromatic carbocycles. The van der Waals surface area contributed by atoms with Crippen molar-refractivity contribution in [2.45, 2.75) is 64.3 Å². The molecule has 2 aliphatic rings. The SMILES string of the molecule is C=C(C)/C=C\[C@@]12O[C@]1(C)[C@](C)(O)CCC2(C)C. The van der Waals surface area contributed by atoms with Crippen LogP contribution in [-0.4, -0.2) is 21.9 Å². The summed E-state index contributed by atoms with van der Waals surface area (Å²) >= 11 is 0.